The Balaban J connectivity index is 1.81. The molecule has 10 nitrogen and oxygen atoms in total. The van der Waals surface area contributed by atoms with Gasteiger partial charge in [0.25, 0.3) is 5.91 Å². The number of morpholine rings is 1. The molecule has 3 aromatic rings. The molecule has 0 saturated carbocycles. The van der Waals surface area contributed by atoms with E-state index in [1.807, 2.05) is 31.2 Å². The van der Waals surface area contributed by atoms with E-state index in [9.17, 15) is 9.90 Å². The number of anilines is 2. The second-order valence-corrected chi connectivity index (χ2v) is 7.68. The number of hydrogen-bond donors (Lipinski definition) is 4. The highest BCUT2D eigenvalue weighted by atomic mass is 16.5. The number of rotatable bonds is 6. The summed E-state index contributed by atoms with van der Waals surface area (Å²) in [6, 6.07) is 10.4. The number of aromatic hydroxyl groups is 1. The first-order valence-corrected chi connectivity index (χ1v) is 10.5. The molecule has 0 radical (unpaired) electrons. The van der Waals surface area contributed by atoms with Crippen LogP contribution in [-0.2, 0) is 4.74 Å². The predicted octanol–water partition coefficient (Wildman–Crippen LogP) is 1.57. The molecule has 2 heterocycles. The highest BCUT2D eigenvalue weighted by molar-refractivity contribution is 5.91. The summed E-state index contributed by atoms with van der Waals surface area (Å²) in [4.78, 5) is 14.3. The van der Waals surface area contributed by atoms with Gasteiger partial charge in [0.15, 0.2) is 5.82 Å². The molecule has 1 unspecified atom stereocenters. The molecule has 1 aliphatic heterocycles. The number of phenolic OH excluding ortho intramolecular Hbond substituents is 1. The van der Waals surface area contributed by atoms with Crippen molar-refractivity contribution in [2.45, 2.75) is 19.4 Å². The van der Waals surface area contributed by atoms with Crippen molar-refractivity contribution in [3.8, 4) is 22.8 Å². The number of nitrogen functional groups attached to an aromatic ring is 1. The minimum absolute atomic E-state index is 0.0447. The highest BCUT2D eigenvalue weighted by Gasteiger charge is 2.23. The summed E-state index contributed by atoms with van der Waals surface area (Å²) < 4.78 is 6.94. The fourth-order valence-electron chi connectivity index (χ4n) is 3.84. The van der Waals surface area contributed by atoms with Crippen LogP contribution in [-0.4, -0.2) is 52.1 Å². The molecule has 1 fully saturated rings. The Labute approximate surface area is 185 Å². The average Bonchev–Trinajstić information content (AvgIpc) is 3.24. The van der Waals surface area contributed by atoms with Crippen molar-refractivity contribution in [1.82, 2.24) is 14.8 Å². The molecule has 7 N–H and O–H groups in total. The van der Waals surface area contributed by atoms with E-state index in [0.717, 1.165) is 18.8 Å². The van der Waals surface area contributed by atoms with E-state index in [4.69, 9.17) is 21.9 Å². The van der Waals surface area contributed by atoms with E-state index >= 15 is 0 Å². The van der Waals surface area contributed by atoms with Gasteiger partial charge in [-0.3, -0.25) is 9.36 Å². The normalized spacial score (nSPS) is 15.0. The number of ether oxygens (including phenoxy) is 1. The van der Waals surface area contributed by atoms with E-state index in [0.29, 0.717) is 42.1 Å². The molecule has 2 aromatic carbocycles. The number of aromatic nitrogens is 3. The van der Waals surface area contributed by atoms with Gasteiger partial charge in [0, 0.05) is 42.3 Å². The average molecular weight is 438 g/mol. The van der Waals surface area contributed by atoms with E-state index < -0.39 is 5.91 Å². The number of carbonyl (C=O) groups excluding carboxylic acids is 1. The first kappa shape index (κ1) is 21.6. The Morgan fingerprint density at radius 2 is 1.81 bits per heavy atom. The van der Waals surface area contributed by atoms with Crippen molar-refractivity contribution in [1.29, 1.82) is 0 Å². The summed E-state index contributed by atoms with van der Waals surface area (Å²) in [6.07, 6.45) is 0.663. The lowest BCUT2D eigenvalue weighted by molar-refractivity contribution is 0.0988. The third-order valence-corrected chi connectivity index (χ3v) is 5.65. The quantitative estimate of drug-likeness (QED) is 0.423. The van der Waals surface area contributed by atoms with E-state index in [-0.39, 0.29) is 23.4 Å². The summed E-state index contributed by atoms with van der Waals surface area (Å²) in [7, 11) is 0. The molecule has 1 aromatic heterocycles. The van der Waals surface area contributed by atoms with Gasteiger partial charge in [-0.25, -0.2) is 0 Å². The molecule has 4 rings (SSSR count). The van der Waals surface area contributed by atoms with Gasteiger partial charge in [0.1, 0.15) is 5.75 Å². The van der Waals surface area contributed by atoms with Gasteiger partial charge in [-0.2, -0.15) is 0 Å². The molecule has 1 saturated heterocycles. The summed E-state index contributed by atoms with van der Waals surface area (Å²) >= 11 is 0. The number of primary amides is 1. The van der Waals surface area contributed by atoms with Crippen LogP contribution in [0.1, 0.15) is 35.6 Å². The van der Waals surface area contributed by atoms with Gasteiger partial charge < -0.3 is 31.9 Å². The lowest BCUT2D eigenvalue weighted by Gasteiger charge is -2.29. The first-order valence-electron chi connectivity index (χ1n) is 10.5. The second-order valence-electron chi connectivity index (χ2n) is 7.68. The van der Waals surface area contributed by atoms with Gasteiger partial charge >= 0.3 is 0 Å². The number of amides is 1. The number of carbonyl (C=O) groups is 1. The summed E-state index contributed by atoms with van der Waals surface area (Å²) in [6.45, 7) is 4.93. The van der Waals surface area contributed by atoms with Crippen molar-refractivity contribution in [2.75, 3.05) is 36.9 Å². The molecule has 1 atom stereocenters. The molecule has 168 valence electrons. The molecule has 10 heteroatoms. The Hall–Kier alpha value is -3.63. The van der Waals surface area contributed by atoms with Crippen molar-refractivity contribution in [3.05, 3.63) is 47.8 Å². The minimum Gasteiger partial charge on any atom is -0.507 e. The van der Waals surface area contributed by atoms with Crippen molar-refractivity contribution in [2.24, 2.45) is 11.5 Å². The van der Waals surface area contributed by atoms with Crippen LogP contribution in [0.3, 0.4) is 0 Å². The molecular formula is C22H27N7O3. The van der Waals surface area contributed by atoms with Crippen LogP contribution in [0.5, 0.6) is 5.75 Å². The van der Waals surface area contributed by atoms with Gasteiger partial charge in [-0.1, -0.05) is 6.92 Å². The lowest BCUT2D eigenvalue weighted by Crippen LogP contribution is -2.36. The fourth-order valence-corrected chi connectivity index (χ4v) is 3.84. The van der Waals surface area contributed by atoms with E-state index in [1.54, 1.807) is 6.07 Å². The number of benzene rings is 2. The Kier molecular flexibility index (Phi) is 5.97. The lowest BCUT2D eigenvalue weighted by atomic mass is 9.99. The number of phenols is 1. The molecule has 0 spiro atoms. The Morgan fingerprint density at radius 3 is 2.44 bits per heavy atom. The summed E-state index contributed by atoms with van der Waals surface area (Å²) in [5.74, 6) is -0.609. The highest BCUT2D eigenvalue weighted by Crippen LogP contribution is 2.36. The van der Waals surface area contributed by atoms with Crippen LogP contribution in [0.25, 0.3) is 17.1 Å². The maximum atomic E-state index is 12.1. The molecule has 1 amide bonds. The zero-order chi connectivity index (χ0) is 22.8. The first-order chi connectivity index (χ1) is 15.4. The third-order valence-electron chi connectivity index (χ3n) is 5.65. The summed E-state index contributed by atoms with van der Waals surface area (Å²) in [5, 5.41) is 18.8. The minimum atomic E-state index is -0.735. The molecule has 0 aliphatic carbocycles. The van der Waals surface area contributed by atoms with Crippen LogP contribution < -0.4 is 22.1 Å². The zero-order valence-corrected chi connectivity index (χ0v) is 17.9. The fraction of sp³-hybridized carbons (Fsp3) is 0.318. The van der Waals surface area contributed by atoms with Crippen LogP contribution in [0, 0.1) is 0 Å². The van der Waals surface area contributed by atoms with Crippen molar-refractivity contribution in [3.63, 3.8) is 0 Å². The van der Waals surface area contributed by atoms with Gasteiger partial charge in [0.05, 0.1) is 18.8 Å². The standard InChI is InChI=1S/C22H27N7O3/c1-2-17(23)15-11-16(19(30)12-18(15)24)21-26-27-22(20(25)31)29(21)14-5-3-13(4-6-14)28-7-9-32-10-8-28/h3-6,11-12,17,30H,2,7-10,23-24H2,1H3,(H2,25,31). The van der Waals surface area contributed by atoms with E-state index in [1.165, 1.54) is 10.6 Å². The predicted molar refractivity (Wildman–Crippen MR) is 122 cm³/mol. The monoisotopic (exact) mass is 437 g/mol. The van der Waals surface area contributed by atoms with E-state index in [2.05, 4.69) is 15.1 Å². The SMILES string of the molecule is CCC(N)c1cc(-c2nnc(C(N)=O)n2-c2ccc(N3CCOCC3)cc2)c(O)cc1N. The Morgan fingerprint density at radius 1 is 1.16 bits per heavy atom. The molecular weight excluding hydrogens is 410 g/mol. The molecule has 32 heavy (non-hydrogen) atoms. The van der Waals surface area contributed by atoms with Gasteiger partial charge in [0.2, 0.25) is 5.82 Å². The third kappa shape index (κ3) is 3.97. The van der Waals surface area contributed by atoms with Gasteiger partial charge in [-0.05, 0) is 42.3 Å². The van der Waals surface area contributed by atoms with Crippen LogP contribution in [0.15, 0.2) is 36.4 Å². The van der Waals surface area contributed by atoms with Crippen LogP contribution in [0.4, 0.5) is 11.4 Å². The second kappa shape index (κ2) is 8.85. The van der Waals surface area contributed by atoms with Gasteiger partial charge in [-0.15, -0.1) is 10.2 Å². The Bertz CT molecular complexity index is 1120. The molecule has 1 aliphatic rings. The number of hydrogen-bond acceptors (Lipinski definition) is 8. The smallest absolute Gasteiger partial charge is 0.287 e. The van der Waals surface area contributed by atoms with Crippen molar-refractivity contribution < 1.29 is 14.6 Å². The maximum Gasteiger partial charge on any atom is 0.287 e. The summed E-state index contributed by atoms with van der Waals surface area (Å²) in [5.41, 5.74) is 20.9. The zero-order valence-electron chi connectivity index (χ0n) is 17.9. The van der Waals surface area contributed by atoms with Crippen LogP contribution in [0.2, 0.25) is 0 Å². The topological polar surface area (TPSA) is 159 Å². The van der Waals surface area contributed by atoms with Crippen LogP contribution >= 0.6 is 0 Å². The molecule has 0 bridgehead atoms. The van der Waals surface area contributed by atoms with Crippen molar-refractivity contribution >= 4 is 17.3 Å². The maximum absolute atomic E-state index is 12.1. The number of nitrogens with zero attached hydrogens (tertiary/aromatic N) is 4. The number of nitrogens with two attached hydrogens (primary N) is 3. The largest absolute Gasteiger partial charge is 0.507 e.